The summed E-state index contributed by atoms with van der Waals surface area (Å²) in [7, 11) is 0. The fourth-order valence-electron chi connectivity index (χ4n) is 3.50. The molecule has 1 aliphatic heterocycles. The molecule has 4 aromatic rings. The van der Waals surface area contributed by atoms with Gasteiger partial charge in [0.1, 0.15) is 0 Å². The fraction of sp³-hybridized carbons (Fsp3) is 0.0909. The molecule has 2 aromatic carbocycles. The lowest BCUT2D eigenvalue weighted by atomic mass is 9.96. The number of benzene rings is 2. The molecule has 5 heteroatoms. The Labute approximate surface area is 155 Å². The van der Waals surface area contributed by atoms with E-state index in [0.29, 0.717) is 17.4 Å². The van der Waals surface area contributed by atoms with E-state index < -0.39 is 0 Å². The Hall–Kier alpha value is -3.60. The van der Waals surface area contributed by atoms with Gasteiger partial charge < -0.3 is 0 Å². The van der Waals surface area contributed by atoms with E-state index in [1.54, 1.807) is 29.4 Å². The fourth-order valence-corrected chi connectivity index (χ4v) is 3.50. The van der Waals surface area contributed by atoms with E-state index in [4.69, 9.17) is 0 Å². The van der Waals surface area contributed by atoms with Crippen molar-refractivity contribution in [2.75, 3.05) is 0 Å². The summed E-state index contributed by atoms with van der Waals surface area (Å²) in [6.45, 7) is 1.24. The molecular formula is C22H16N4O. The average molecular weight is 352 g/mol. The van der Waals surface area contributed by atoms with E-state index in [9.17, 15) is 4.79 Å². The van der Waals surface area contributed by atoms with Crippen molar-refractivity contribution < 1.29 is 0 Å². The van der Waals surface area contributed by atoms with Gasteiger partial charge in [-0.05, 0) is 28.3 Å². The number of pyridine rings is 1. The second kappa shape index (κ2) is 6.29. The van der Waals surface area contributed by atoms with E-state index in [1.165, 1.54) is 16.7 Å². The number of nitrogens with zero attached hydrogens (tertiary/aromatic N) is 4. The first kappa shape index (κ1) is 15.6. The van der Waals surface area contributed by atoms with Crippen molar-refractivity contribution in [1.29, 1.82) is 0 Å². The number of rotatable bonds is 3. The minimum Gasteiger partial charge on any atom is -0.294 e. The molecule has 1 aliphatic rings. The van der Waals surface area contributed by atoms with Crippen LogP contribution in [0.2, 0.25) is 0 Å². The Morgan fingerprint density at radius 1 is 1.04 bits per heavy atom. The monoisotopic (exact) mass is 352 g/mol. The van der Waals surface area contributed by atoms with Gasteiger partial charge in [-0.15, -0.1) is 0 Å². The van der Waals surface area contributed by atoms with E-state index in [2.05, 4.69) is 57.4 Å². The van der Waals surface area contributed by atoms with Gasteiger partial charge >= 0.3 is 0 Å². The number of aromatic nitrogens is 3. The van der Waals surface area contributed by atoms with Crippen LogP contribution in [0.25, 0.3) is 22.0 Å². The normalized spacial score (nSPS) is 12.4. The highest BCUT2D eigenvalue weighted by Crippen LogP contribution is 2.28. The highest BCUT2D eigenvalue weighted by atomic mass is 16.1. The van der Waals surface area contributed by atoms with Crippen LogP contribution in [0.1, 0.15) is 16.7 Å². The third-order valence-electron chi connectivity index (χ3n) is 4.92. The molecule has 5 nitrogen and oxygen atoms in total. The summed E-state index contributed by atoms with van der Waals surface area (Å²) in [5, 5.41) is 0.586. The first-order chi connectivity index (χ1) is 13.3. The highest BCUT2D eigenvalue weighted by Gasteiger charge is 2.12. The van der Waals surface area contributed by atoms with Crippen LogP contribution in [0.15, 0.2) is 77.0 Å². The first-order valence-corrected chi connectivity index (χ1v) is 8.80. The predicted molar refractivity (Wildman–Crippen MR) is 106 cm³/mol. The SMILES string of the molecule is O=c1c2ccncc2ncn1Cc1ccc(-c2cccc3c2C=NC3)cc1. The topological polar surface area (TPSA) is 60.1 Å². The second-order valence-corrected chi connectivity index (χ2v) is 6.62. The summed E-state index contributed by atoms with van der Waals surface area (Å²) in [4.78, 5) is 25.3. The molecule has 0 N–H and O–H groups in total. The van der Waals surface area contributed by atoms with Crippen LogP contribution in [0, 0.1) is 0 Å². The maximum absolute atomic E-state index is 12.6. The van der Waals surface area contributed by atoms with E-state index in [1.807, 2.05) is 6.21 Å². The Kier molecular flexibility index (Phi) is 3.64. The standard InChI is InChI=1S/C22H16N4O/c27-22-19-8-9-23-12-21(19)25-14-26(22)13-15-4-6-16(7-5-15)18-3-1-2-17-10-24-11-20(17)18/h1-9,11-12,14H,10,13H2. The largest absolute Gasteiger partial charge is 0.294 e. The Morgan fingerprint density at radius 3 is 2.81 bits per heavy atom. The van der Waals surface area contributed by atoms with E-state index >= 15 is 0 Å². The Balaban J connectivity index is 1.47. The van der Waals surface area contributed by atoms with Gasteiger partial charge in [0.25, 0.3) is 5.56 Å². The van der Waals surface area contributed by atoms with Gasteiger partial charge in [0.15, 0.2) is 0 Å². The van der Waals surface area contributed by atoms with Crippen LogP contribution in [-0.2, 0) is 13.1 Å². The molecule has 0 unspecified atom stereocenters. The van der Waals surface area contributed by atoms with Crippen LogP contribution in [0.5, 0.6) is 0 Å². The third kappa shape index (κ3) is 2.73. The molecule has 0 atom stereocenters. The minimum absolute atomic E-state index is 0.0523. The predicted octanol–water partition coefficient (Wildman–Crippen LogP) is 3.44. The van der Waals surface area contributed by atoms with Gasteiger partial charge in [0.2, 0.25) is 0 Å². The number of fused-ring (bicyclic) bond motifs is 2. The summed E-state index contributed by atoms with van der Waals surface area (Å²) >= 11 is 0. The lowest BCUT2D eigenvalue weighted by Crippen LogP contribution is -2.21. The van der Waals surface area contributed by atoms with Crippen molar-refractivity contribution in [2.45, 2.75) is 13.1 Å². The smallest absolute Gasteiger partial charge is 0.261 e. The van der Waals surface area contributed by atoms with Crippen molar-refractivity contribution >= 4 is 17.1 Å². The van der Waals surface area contributed by atoms with Gasteiger partial charge in [-0.2, -0.15) is 0 Å². The zero-order valence-electron chi connectivity index (χ0n) is 14.5. The maximum Gasteiger partial charge on any atom is 0.261 e. The summed E-state index contributed by atoms with van der Waals surface area (Å²) in [6.07, 6.45) is 6.76. The number of aliphatic imine (C=N–C) groups is 1. The molecule has 2 aromatic heterocycles. The van der Waals surface area contributed by atoms with Crippen LogP contribution < -0.4 is 5.56 Å². The molecule has 0 fully saturated rings. The molecule has 0 saturated carbocycles. The van der Waals surface area contributed by atoms with Crippen molar-refractivity contribution in [1.82, 2.24) is 14.5 Å². The molecule has 3 heterocycles. The first-order valence-electron chi connectivity index (χ1n) is 8.80. The molecular weight excluding hydrogens is 336 g/mol. The van der Waals surface area contributed by atoms with Crippen molar-refractivity contribution in [3.05, 3.63) is 94.3 Å². The Morgan fingerprint density at radius 2 is 1.93 bits per heavy atom. The van der Waals surface area contributed by atoms with Crippen LogP contribution in [0.4, 0.5) is 0 Å². The summed E-state index contributed by atoms with van der Waals surface area (Å²) < 4.78 is 1.63. The lowest BCUT2D eigenvalue weighted by molar-refractivity contribution is 0.748. The molecule has 27 heavy (non-hydrogen) atoms. The molecule has 0 aliphatic carbocycles. The molecule has 0 spiro atoms. The molecule has 5 rings (SSSR count). The molecule has 0 amide bonds. The number of hydrogen-bond acceptors (Lipinski definition) is 4. The summed E-state index contributed by atoms with van der Waals surface area (Å²) in [6, 6.07) is 16.3. The van der Waals surface area contributed by atoms with E-state index in [0.717, 1.165) is 17.7 Å². The molecule has 130 valence electrons. The van der Waals surface area contributed by atoms with Crippen LogP contribution in [0.3, 0.4) is 0 Å². The Bertz CT molecular complexity index is 1240. The van der Waals surface area contributed by atoms with Gasteiger partial charge in [0.05, 0.1) is 36.5 Å². The molecule has 0 radical (unpaired) electrons. The van der Waals surface area contributed by atoms with Gasteiger partial charge in [-0.25, -0.2) is 4.98 Å². The molecule has 0 bridgehead atoms. The second-order valence-electron chi connectivity index (χ2n) is 6.62. The van der Waals surface area contributed by atoms with Crippen LogP contribution >= 0.6 is 0 Å². The van der Waals surface area contributed by atoms with Gasteiger partial charge in [-0.3, -0.25) is 19.3 Å². The van der Waals surface area contributed by atoms with Crippen molar-refractivity contribution in [2.24, 2.45) is 4.99 Å². The zero-order valence-corrected chi connectivity index (χ0v) is 14.5. The number of hydrogen-bond donors (Lipinski definition) is 0. The lowest BCUT2D eigenvalue weighted by Gasteiger charge is -2.10. The third-order valence-corrected chi connectivity index (χ3v) is 4.92. The van der Waals surface area contributed by atoms with E-state index in [-0.39, 0.29) is 5.56 Å². The van der Waals surface area contributed by atoms with Crippen LogP contribution in [-0.4, -0.2) is 20.7 Å². The maximum atomic E-state index is 12.6. The average Bonchev–Trinajstić information content (AvgIpc) is 3.20. The summed E-state index contributed by atoms with van der Waals surface area (Å²) in [5.41, 5.74) is 6.43. The van der Waals surface area contributed by atoms with Gasteiger partial charge in [-0.1, -0.05) is 42.5 Å². The summed E-state index contributed by atoms with van der Waals surface area (Å²) in [5.74, 6) is 0. The minimum atomic E-state index is -0.0523. The van der Waals surface area contributed by atoms with Crippen molar-refractivity contribution in [3.63, 3.8) is 0 Å². The van der Waals surface area contributed by atoms with Gasteiger partial charge in [0, 0.05) is 18.0 Å². The zero-order chi connectivity index (χ0) is 18.2. The van der Waals surface area contributed by atoms with Crippen molar-refractivity contribution in [3.8, 4) is 11.1 Å². The molecule has 0 saturated heterocycles. The quantitative estimate of drug-likeness (QED) is 0.567. The highest BCUT2D eigenvalue weighted by molar-refractivity contribution is 5.94.